The molecular formula is C21H22N2O2S. The summed E-state index contributed by atoms with van der Waals surface area (Å²) >= 11 is 1.73. The third kappa shape index (κ3) is 2.90. The average molecular weight is 366 g/mol. The standard InChI is InChI=1S/C21H22N2O2S/c1-15-7-9-17(10-8-15)21-12-11-19(24)23(21)18(14-26-21)20(25)22-13-16-5-3-2-4-6-16/h2-10,18H,11-14H2,1H3,(H,22,25)/t18-,21+/m0/s1. The van der Waals surface area contributed by atoms with Crippen molar-refractivity contribution in [3.63, 3.8) is 0 Å². The molecule has 2 fully saturated rings. The summed E-state index contributed by atoms with van der Waals surface area (Å²) in [4.78, 5) is 26.9. The zero-order chi connectivity index (χ0) is 18.1. The Bertz CT molecular complexity index is 822. The van der Waals surface area contributed by atoms with Gasteiger partial charge >= 0.3 is 0 Å². The molecule has 0 spiro atoms. The number of benzene rings is 2. The first kappa shape index (κ1) is 17.2. The second-order valence-electron chi connectivity index (χ2n) is 6.94. The lowest BCUT2D eigenvalue weighted by Gasteiger charge is -2.34. The number of hydrogen-bond donors (Lipinski definition) is 1. The van der Waals surface area contributed by atoms with Crippen molar-refractivity contribution in [2.24, 2.45) is 0 Å². The molecule has 134 valence electrons. The molecule has 0 unspecified atom stereocenters. The number of aryl methyl sites for hydroxylation is 1. The van der Waals surface area contributed by atoms with E-state index >= 15 is 0 Å². The van der Waals surface area contributed by atoms with Gasteiger partial charge in [0.2, 0.25) is 11.8 Å². The first-order valence-electron chi connectivity index (χ1n) is 8.95. The van der Waals surface area contributed by atoms with E-state index in [1.165, 1.54) is 5.56 Å². The topological polar surface area (TPSA) is 49.4 Å². The number of carbonyl (C=O) groups is 2. The van der Waals surface area contributed by atoms with Crippen LogP contribution in [0.1, 0.15) is 29.5 Å². The Morgan fingerprint density at radius 3 is 2.65 bits per heavy atom. The number of hydrogen-bond acceptors (Lipinski definition) is 3. The fourth-order valence-electron chi connectivity index (χ4n) is 3.85. The van der Waals surface area contributed by atoms with Gasteiger partial charge in [0.15, 0.2) is 0 Å². The number of carbonyl (C=O) groups excluding carboxylic acids is 2. The van der Waals surface area contributed by atoms with Crippen LogP contribution in [0, 0.1) is 6.92 Å². The van der Waals surface area contributed by atoms with Crippen LogP contribution in [-0.2, 0) is 21.0 Å². The second-order valence-corrected chi connectivity index (χ2v) is 8.24. The van der Waals surface area contributed by atoms with E-state index in [-0.39, 0.29) is 16.7 Å². The molecule has 2 aliphatic rings. The lowest BCUT2D eigenvalue weighted by atomic mass is 10.0. The van der Waals surface area contributed by atoms with Gasteiger partial charge in [0.25, 0.3) is 0 Å². The smallest absolute Gasteiger partial charge is 0.244 e. The van der Waals surface area contributed by atoms with Crippen LogP contribution in [0.25, 0.3) is 0 Å². The SMILES string of the molecule is Cc1ccc([C@]23CCC(=O)N2[C@H](C(=O)NCc2ccccc2)CS3)cc1. The van der Waals surface area contributed by atoms with Gasteiger partial charge in [-0.2, -0.15) is 0 Å². The van der Waals surface area contributed by atoms with Gasteiger partial charge in [0.05, 0.1) is 0 Å². The molecule has 2 aromatic carbocycles. The Hall–Kier alpha value is -2.27. The largest absolute Gasteiger partial charge is 0.350 e. The molecule has 4 rings (SSSR count). The number of rotatable bonds is 4. The maximum Gasteiger partial charge on any atom is 0.244 e. The third-order valence-corrected chi connectivity index (χ3v) is 6.84. The van der Waals surface area contributed by atoms with E-state index in [2.05, 4.69) is 36.5 Å². The fraction of sp³-hybridized carbons (Fsp3) is 0.333. The van der Waals surface area contributed by atoms with Gasteiger partial charge in [-0.15, -0.1) is 11.8 Å². The maximum atomic E-state index is 12.8. The summed E-state index contributed by atoms with van der Waals surface area (Å²) in [6, 6.07) is 17.8. The number of nitrogens with zero attached hydrogens (tertiary/aromatic N) is 1. The van der Waals surface area contributed by atoms with Crippen LogP contribution in [0.4, 0.5) is 0 Å². The number of fused-ring (bicyclic) bond motifs is 1. The van der Waals surface area contributed by atoms with Crippen LogP contribution in [0.5, 0.6) is 0 Å². The van der Waals surface area contributed by atoms with E-state index < -0.39 is 6.04 Å². The van der Waals surface area contributed by atoms with E-state index in [4.69, 9.17) is 0 Å². The summed E-state index contributed by atoms with van der Waals surface area (Å²) in [5.41, 5.74) is 3.38. The number of amides is 2. The minimum Gasteiger partial charge on any atom is -0.350 e. The molecule has 2 aliphatic heterocycles. The molecule has 2 heterocycles. The summed E-state index contributed by atoms with van der Waals surface area (Å²) in [5.74, 6) is 0.654. The van der Waals surface area contributed by atoms with Crippen LogP contribution in [-0.4, -0.2) is 28.5 Å². The van der Waals surface area contributed by atoms with E-state index in [1.807, 2.05) is 35.2 Å². The minimum absolute atomic E-state index is 0.0643. The maximum absolute atomic E-state index is 12.8. The second kappa shape index (κ2) is 6.80. The quantitative estimate of drug-likeness (QED) is 0.904. The summed E-state index contributed by atoms with van der Waals surface area (Å²) in [6.45, 7) is 2.54. The predicted octanol–water partition coefficient (Wildman–Crippen LogP) is 3.20. The minimum atomic E-state index is -0.403. The van der Waals surface area contributed by atoms with Crippen LogP contribution in [0.15, 0.2) is 54.6 Å². The van der Waals surface area contributed by atoms with Crippen LogP contribution < -0.4 is 5.32 Å². The highest BCUT2D eigenvalue weighted by Gasteiger charge is 2.56. The Labute approximate surface area is 158 Å². The highest BCUT2D eigenvalue weighted by atomic mass is 32.2. The van der Waals surface area contributed by atoms with E-state index in [0.29, 0.717) is 18.7 Å². The molecule has 26 heavy (non-hydrogen) atoms. The molecule has 2 aromatic rings. The van der Waals surface area contributed by atoms with Crippen molar-refractivity contribution in [2.75, 3.05) is 5.75 Å². The first-order chi connectivity index (χ1) is 12.6. The number of nitrogens with one attached hydrogen (secondary N) is 1. The lowest BCUT2D eigenvalue weighted by molar-refractivity contribution is -0.138. The molecular weight excluding hydrogens is 344 g/mol. The Morgan fingerprint density at radius 2 is 1.92 bits per heavy atom. The number of thioether (sulfide) groups is 1. The van der Waals surface area contributed by atoms with Crippen molar-refractivity contribution in [2.45, 2.75) is 37.2 Å². The summed E-state index contributed by atoms with van der Waals surface area (Å²) in [7, 11) is 0. The van der Waals surface area contributed by atoms with Gasteiger partial charge < -0.3 is 10.2 Å². The molecule has 4 nitrogen and oxygen atoms in total. The highest BCUT2D eigenvalue weighted by molar-refractivity contribution is 8.00. The van der Waals surface area contributed by atoms with Crippen molar-refractivity contribution < 1.29 is 9.59 Å². The fourth-order valence-corrected chi connectivity index (χ4v) is 5.51. The molecule has 5 heteroatoms. The molecule has 0 bridgehead atoms. The summed E-state index contributed by atoms with van der Waals surface area (Å²) in [6.07, 6.45) is 1.27. The van der Waals surface area contributed by atoms with Gasteiger partial charge in [-0.05, 0) is 24.5 Å². The summed E-state index contributed by atoms with van der Waals surface area (Å²) in [5, 5.41) is 3.01. The van der Waals surface area contributed by atoms with E-state index in [9.17, 15) is 9.59 Å². The van der Waals surface area contributed by atoms with Crippen LogP contribution >= 0.6 is 11.8 Å². The van der Waals surface area contributed by atoms with Gasteiger partial charge in [-0.25, -0.2) is 0 Å². The molecule has 0 aliphatic carbocycles. The Kier molecular flexibility index (Phi) is 4.49. The molecule has 1 N–H and O–H groups in total. The van der Waals surface area contributed by atoms with E-state index in [1.54, 1.807) is 11.8 Å². The van der Waals surface area contributed by atoms with Crippen molar-refractivity contribution in [1.29, 1.82) is 0 Å². The molecule has 0 saturated carbocycles. The first-order valence-corrected chi connectivity index (χ1v) is 9.94. The highest BCUT2D eigenvalue weighted by Crippen LogP contribution is 2.54. The van der Waals surface area contributed by atoms with Crippen molar-refractivity contribution in [1.82, 2.24) is 10.2 Å². The monoisotopic (exact) mass is 366 g/mol. The van der Waals surface area contributed by atoms with Gasteiger partial charge in [0, 0.05) is 18.7 Å². The van der Waals surface area contributed by atoms with E-state index in [0.717, 1.165) is 17.5 Å². The summed E-state index contributed by atoms with van der Waals surface area (Å²) < 4.78 is 0. The predicted molar refractivity (Wildman–Crippen MR) is 103 cm³/mol. The normalized spacial score (nSPS) is 24.6. The van der Waals surface area contributed by atoms with Crippen molar-refractivity contribution in [3.8, 4) is 0 Å². The molecule has 0 aromatic heterocycles. The Balaban J connectivity index is 1.54. The molecule has 2 saturated heterocycles. The average Bonchev–Trinajstić information content (AvgIpc) is 3.21. The third-order valence-electron chi connectivity index (χ3n) is 5.24. The van der Waals surface area contributed by atoms with Gasteiger partial charge in [-0.1, -0.05) is 60.2 Å². The lowest BCUT2D eigenvalue weighted by Crippen LogP contribution is -2.49. The Morgan fingerprint density at radius 1 is 1.19 bits per heavy atom. The van der Waals surface area contributed by atoms with Gasteiger partial charge in [0.1, 0.15) is 10.9 Å². The van der Waals surface area contributed by atoms with Crippen LogP contribution in [0.2, 0.25) is 0 Å². The molecule has 2 amide bonds. The van der Waals surface area contributed by atoms with Crippen LogP contribution in [0.3, 0.4) is 0 Å². The van der Waals surface area contributed by atoms with Crippen molar-refractivity contribution in [3.05, 3.63) is 71.3 Å². The molecule has 2 atom stereocenters. The zero-order valence-corrected chi connectivity index (χ0v) is 15.6. The van der Waals surface area contributed by atoms with Gasteiger partial charge in [-0.3, -0.25) is 9.59 Å². The molecule has 0 radical (unpaired) electrons. The van der Waals surface area contributed by atoms with Crippen molar-refractivity contribution >= 4 is 23.6 Å². The zero-order valence-electron chi connectivity index (χ0n) is 14.8.